The van der Waals surface area contributed by atoms with Crippen molar-refractivity contribution in [3.63, 3.8) is 0 Å². The molecule has 0 spiro atoms. The summed E-state index contributed by atoms with van der Waals surface area (Å²) in [6, 6.07) is 7.69. The Bertz CT molecular complexity index is 848. The van der Waals surface area contributed by atoms with Crippen LogP contribution in [0, 0.1) is 5.41 Å². The number of rotatable bonds is 4. The molecule has 3 aromatic rings. The van der Waals surface area contributed by atoms with Crippen LogP contribution in [0.1, 0.15) is 27.7 Å². The number of nitrogens with two attached hydrogens (primary N) is 1. The number of fused-ring (bicyclic) bond motifs is 1. The minimum absolute atomic E-state index is 0.0960. The van der Waals surface area contributed by atoms with Gasteiger partial charge in [0, 0.05) is 17.4 Å². The second-order valence-electron chi connectivity index (χ2n) is 6.98. The monoisotopic (exact) mass is 325 g/mol. The maximum atomic E-state index is 5.82. The van der Waals surface area contributed by atoms with Crippen LogP contribution >= 0.6 is 0 Å². The molecule has 1 atom stereocenters. The lowest BCUT2D eigenvalue weighted by molar-refractivity contribution is 0.359. The fourth-order valence-electron chi connectivity index (χ4n) is 2.16. The summed E-state index contributed by atoms with van der Waals surface area (Å²) in [6.45, 7) is 8.68. The SMILES string of the molecule is C[C@@H](Nc1nc(Nc2cccc(N)c2)nc2nc[nH]c12)C(C)(C)C. The van der Waals surface area contributed by atoms with Crippen molar-refractivity contribution in [3.8, 4) is 0 Å². The minimum Gasteiger partial charge on any atom is -0.399 e. The first-order valence-electron chi connectivity index (χ1n) is 7.93. The maximum absolute atomic E-state index is 5.82. The highest BCUT2D eigenvalue weighted by Crippen LogP contribution is 2.26. The van der Waals surface area contributed by atoms with Crippen molar-refractivity contribution in [2.45, 2.75) is 33.7 Å². The molecular formula is C17H23N7. The van der Waals surface area contributed by atoms with Gasteiger partial charge in [0.15, 0.2) is 11.5 Å². The Hall–Kier alpha value is -2.83. The molecule has 0 saturated carbocycles. The molecule has 1 aromatic carbocycles. The molecule has 2 aromatic heterocycles. The third kappa shape index (κ3) is 3.40. The van der Waals surface area contributed by atoms with E-state index in [0.29, 0.717) is 17.3 Å². The van der Waals surface area contributed by atoms with Crippen molar-refractivity contribution in [3.05, 3.63) is 30.6 Å². The summed E-state index contributed by atoms with van der Waals surface area (Å²) in [5, 5.41) is 6.64. The van der Waals surface area contributed by atoms with Crippen LogP contribution in [0.3, 0.4) is 0 Å². The predicted octanol–water partition coefficient (Wildman–Crippen LogP) is 3.53. The van der Waals surface area contributed by atoms with Crippen LogP contribution in [0.5, 0.6) is 0 Å². The Morgan fingerprint density at radius 2 is 2.00 bits per heavy atom. The topological polar surface area (TPSA) is 105 Å². The molecule has 0 fully saturated rings. The Morgan fingerprint density at radius 1 is 1.21 bits per heavy atom. The van der Waals surface area contributed by atoms with Crippen molar-refractivity contribution < 1.29 is 0 Å². The summed E-state index contributed by atoms with van der Waals surface area (Å²) in [6.07, 6.45) is 1.62. The van der Waals surface area contributed by atoms with Crippen molar-refractivity contribution >= 4 is 34.3 Å². The molecule has 0 aliphatic carbocycles. The Labute approximate surface area is 141 Å². The fraction of sp³-hybridized carbons (Fsp3) is 0.353. The summed E-state index contributed by atoms with van der Waals surface area (Å²) in [5.74, 6) is 1.20. The molecule has 0 aliphatic heterocycles. The number of H-pyrrole nitrogens is 1. The molecule has 3 rings (SSSR count). The van der Waals surface area contributed by atoms with Crippen molar-refractivity contribution in [1.82, 2.24) is 19.9 Å². The van der Waals surface area contributed by atoms with E-state index < -0.39 is 0 Å². The lowest BCUT2D eigenvalue weighted by Gasteiger charge is -2.28. The third-order valence-corrected chi connectivity index (χ3v) is 4.08. The summed E-state index contributed by atoms with van der Waals surface area (Å²) in [5.41, 5.74) is 8.84. The number of nitrogen functional groups attached to an aromatic ring is 1. The smallest absolute Gasteiger partial charge is 0.231 e. The van der Waals surface area contributed by atoms with Crippen molar-refractivity contribution in [2.24, 2.45) is 5.41 Å². The zero-order valence-electron chi connectivity index (χ0n) is 14.4. The highest BCUT2D eigenvalue weighted by molar-refractivity contribution is 5.84. The van der Waals surface area contributed by atoms with E-state index in [4.69, 9.17) is 5.73 Å². The van der Waals surface area contributed by atoms with Crippen LogP contribution in [-0.2, 0) is 0 Å². The largest absolute Gasteiger partial charge is 0.399 e. The summed E-state index contributed by atoms with van der Waals surface area (Å²) >= 11 is 0. The number of nitrogens with one attached hydrogen (secondary N) is 3. The molecule has 0 amide bonds. The van der Waals surface area contributed by atoms with Crippen LogP contribution in [0.2, 0.25) is 0 Å². The van der Waals surface area contributed by atoms with Crippen LogP contribution < -0.4 is 16.4 Å². The van der Waals surface area contributed by atoms with Gasteiger partial charge in [-0.25, -0.2) is 4.98 Å². The second kappa shape index (κ2) is 5.99. The Morgan fingerprint density at radius 3 is 2.71 bits per heavy atom. The molecule has 24 heavy (non-hydrogen) atoms. The van der Waals surface area contributed by atoms with E-state index in [1.165, 1.54) is 0 Å². The molecule has 5 N–H and O–H groups in total. The molecule has 0 saturated heterocycles. The number of anilines is 4. The number of hydrogen-bond donors (Lipinski definition) is 4. The average Bonchev–Trinajstić information content (AvgIpc) is 2.94. The molecule has 0 bridgehead atoms. The van der Waals surface area contributed by atoms with Crippen LogP contribution in [0.15, 0.2) is 30.6 Å². The van der Waals surface area contributed by atoms with Gasteiger partial charge in [0.1, 0.15) is 5.52 Å². The Kier molecular flexibility index (Phi) is 4.01. The lowest BCUT2D eigenvalue weighted by Crippen LogP contribution is -2.31. The molecule has 2 heterocycles. The lowest BCUT2D eigenvalue weighted by atomic mass is 9.88. The van der Waals surface area contributed by atoms with Crippen molar-refractivity contribution in [2.75, 3.05) is 16.4 Å². The van der Waals surface area contributed by atoms with Crippen LogP contribution in [0.25, 0.3) is 11.2 Å². The number of hydrogen-bond acceptors (Lipinski definition) is 6. The molecule has 126 valence electrons. The molecule has 0 unspecified atom stereocenters. The van der Waals surface area contributed by atoms with Gasteiger partial charge in [-0.15, -0.1) is 0 Å². The van der Waals surface area contributed by atoms with Gasteiger partial charge in [-0.05, 0) is 30.5 Å². The normalized spacial score (nSPS) is 13.0. The van der Waals surface area contributed by atoms with E-state index in [-0.39, 0.29) is 11.5 Å². The number of imidazole rings is 1. The molecule has 0 aliphatic rings. The maximum Gasteiger partial charge on any atom is 0.231 e. The minimum atomic E-state index is 0.0960. The number of benzene rings is 1. The average molecular weight is 325 g/mol. The van der Waals surface area contributed by atoms with Crippen molar-refractivity contribution in [1.29, 1.82) is 0 Å². The highest BCUT2D eigenvalue weighted by Gasteiger charge is 2.22. The number of aromatic amines is 1. The first-order chi connectivity index (χ1) is 11.3. The molecule has 0 radical (unpaired) electrons. The summed E-state index contributed by atoms with van der Waals surface area (Å²) < 4.78 is 0. The van der Waals surface area contributed by atoms with Gasteiger partial charge in [0.05, 0.1) is 6.33 Å². The van der Waals surface area contributed by atoms with Gasteiger partial charge in [-0.1, -0.05) is 26.8 Å². The third-order valence-electron chi connectivity index (χ3n) is 4.08. The van der Waals surface area contributed by atoms with Gasteiger partial charge in [0.2, 0.25) is 5.95 Å². The number of aromatic nitrogens is 4. The van der Waals surface area contributed by atoms with E-state index >= 15 is 0 Å². The van der Waals surface area contributed by atoms with Gasteiger partial charge in [0.25, 0.3) is 0 Å². The van der Waals surface area contributed by atoms with Gasteiger partial charge in [-0.2, -0.15) is 9.97 Å². The molecule has 7 heteroatoms. The summed E-state index contributed by atoms with van der Waals surface area (Å²) in [4.78, 5) is 16.4. The number of nitrogens with zero attached hydrogens (tertiary/aromatic N) is 3. The summed E-state index contributed by atoms with van der Waals surface area (Å²) in [7, 11) is 0. The van der Waals surface area contributed by atoms with E-state index in [1.54, 1.807) is 6.33 Å². The van der Waals surface area contributed by atoms with Crippen LogP contribution in [0.4, 0.5) is 23.1 Å². The quantitative estimate of drug-likeness (QED) is 0.547. The standard InChI is InChI=1S/C17H23N7/c1-10(17(2,3)4)21-15-13-14(20-9-19-13)23-16(24-15)22-12-7-5-6-11(18)8-12/h5-10H,18H2,1-4H3,(H3,19,20,21,22,23,24)/t10-/m1/s1. The van der Waals surface area contributed by atoms with Crippen LogP contribution in [-0.4, -0.2) is 26.0 Å². The highest BCUT2D eigenvalue weighted by atomic mass is 15.2. The zero-order valence-corrected chi connectivity index (χ0v) is 14.4. The van der Waals surface area contributed by atoms with E-state index in [0.717, 1.165) is 17.0 Å². The fourth-order valence-corrected chi connectivity index (χ4v) is 2.16. The predicted molar refractivity (Wildman–Crippen MR) is 98.4 cm³/mol. The van der Waals surface area contributed by atoms with E-state index in [1.807, 2.05) is 24.3 Å². The van der Waals surface area contributed by atoms with E-state index in [2.05, 4.69) is 58.3 Å². The molecule has 7 nitrogen and oxygen atoms in total. The second-order valence-corrected chi connectivity index (χ2v) is 6.98. The Balaban J connectivity index is 1.95. The van der Waals surface area contributed by atoms with Gasteiger partial charge < -0.3 is 21.4 Å². The van der Waals surface area contributed by atoms with E-state index in [9.17, 15) is 0 Å². The first kappa shape index (κ1) is 16.0. The van der Waals surface area contributed by atoms with Gasteiger partial charge in [-0.3, -0.25) is 0 Å². The zero-order chi connectivity index (χ0) is 17.3. The molecular weight excluding hydrogens is 302 g/mol. The van der Waals surface area contributed by atoms with Gasteiger partial charge >= 0.3 is 0 Å². The first-order valence-corrected chi connectivity index (χ1v) is 7.93.